The van der Waals surface area contributed by atoms with Crippen LogP contribution in [0.4, 0.5) is 4.39 Å². The van der Waals surface area contributed by atoms with Crippen LogP contribution in [-0.4, -0.2) is 104 Å². The van der Waals surface area contributed by atoms with Gasteiger partial charge in [-0.05, 0) is 12.1 Å². The highest BCUT2D eigenvalue weighted by atomic mass is 19.1. The fourth-order valence-corrected chi connectivity index (χ4v) is 3.47. The number of likely N-dealkylation sites (N-methyl/N-ethyl adjacent to an activating group) is 1. The third-order valence-electron chi connectivity index (χ3n) is 5.01. The molecule has 3 heterocycles. The lowest BCUT2D eigenvalue weighted by Gasteiger charge is -2.43. The van der Waals surface area contributed by atoms with Crippen molar-refractivity contribution in [2.24, 2.45) is 0 Å². The Kier molecular flexibility index (Phi) is 6.58. The van der Waals surface area contributed by atoms with Gasteiger partial charge in [-0.25, -0.2) is 4.39 Å². The smallest absolute Gasteiger partial charge is 0.236 e. The average Bonchev–Trinajstić information content (AvgIpc) is 2.85. The molecule has 1 aromatic rings. The van der Waals surface area contributed by atoms with Gasteiger partial charge in [0.2, 0.25) is 11.8 Å². The molecule has 1 aromatic heterocycles. The predicted octanol–water partition coefficient (Wildman–Crippen LogP) is -0.219. The number of hydrogen-bond acceptors (Lipinski definition) is 6. The van der Waals surface area contributed by atoms with Gasteiger partial charge in [-0.1, -0.05) is 0 Å². The van der Waals surface area contributed by atoms with Gasteiger partial charge >= 0.3 is 0 Å². The first-order valence-corrected chi connectivity index (χ1v) is 9.39. The number of amides is 2. The number of rotatable bonds is 4. The van der Waals surface area contributed by atoms with Crippen molar-refractivity contribution in [3.8, 4) is 0 Å². The quantitative estimate of drug-likeness (QED) is 0.703. The van der Waals surface area contributed by atoms with Gasteiger partial charge in [0.25, 0.3) is 0 Å². The van der Waals surface area contributed by atoms with E-state index in [4.69, 9.17) is 9.47 Å². The standard InChI is InChI=1S/C19H27FN4O4/c1-22(2)18(26)11-23-5-7-27-14-19(12-23)13-24(6-8-28-19)17(25)9-16-4-3-15(20)10-21-16/h3-4,10H,5-9,11-14H2,1-2H3. The molecule has 1 atom stereocenters. The van der Waals surface area contributed by atoms with E-state index in [1.807, 2.05) is 4.90 Å². The number of pyridine rings is 1. The van der Waals surface area contributed by atoms with E-state index in [2.05, 4.69) is 4.98 Å². The SMILES string of the molecule is CN(C)C(=O)CN1CCOCC2(C1)CN(C(=O)Cc1ccc(F)cn1)CCO2. The number of nitrogens with zero attached hydrogens (tertiary/aromatic N) is 4. The van der Waals surface area contributed by atoms with Gasteiger partial charge in [-0.3, -0.25) is 19.5 Å². The molecule has 0 N–H and O–H groups in total. The molecule has 0 saturated carbocycles. The van der Waals surface area contributed by atoms with Crippen LogP contribution in [0.5, 0.6) is 0 Å². The van der Waals surface area contributed by atoms with Crippen molar-refractivity contribution in [1.82, 2.24) is 19.7 Å². The minimum Gasteiger partial charge on any atom is -0.377 e. The van der Waals surface area contributed by atoms with E-state index in [0.29, 0.717) is 51.7 Å². The number of hydrogen-bond donors (Lipinski definition) is 0. The lowest BCUT2D eigenvalue weighted by atomic mass is 10.0. The first-order chi connectivity index (χ1) is 13.4. The normalized spacial score (nSPS) is 23.5. The van der Waals surface area contributed by atoms with Crippen LogP contribution >= 0.6 is 0 Å². The molecule has 8 nitrogen and oxygen atoms in total. The molecule has 2 amide bonds. The summed E-state index contributed by atoms with van der Waals surface area (Å²) in [6, 6.07) is 2.82. The zero-order valence-electron chi connectivity index (χ0n) is 16.4. The fraction of sp³-hybridized carbons (Fsp3) is 0.632. The summed E-state index contributed by atoms with van der Waals surface area (Å²) >= 11 is 0. The largest absolute Gasteiger partial charge is 0.377 e. The second-order valence-corrected chi connectivity index (χ2v) is 7.54. The Morgan fingerprint density at radius 3 is 2.79 bits per heavy atom. The lowest BCUT2D eigenvalue weighted by molar-refractivity contribution is -0.161. The molecule has 154 valence electrons. The second-order valence-electron chi connectivity index (χ2n) is 7.54. The third-order valence-corrected chi connectivity index (χ3v) is 5.01. The van der Waals surface area contributed by atoms with Crippen molar-refractivity contribution >= 4 is 11.8 Å². The molecule has 2 saturated heterocycles. The van der Waals surface area contributed by atoms with Gasteiger partial charge in [0, 0.05) is 39.4 Å². The summed E-state index contributed by atoms with van der Waals surface area (Å²) in [4.78, 5) is 34.1. The molecule has 2 fully saturated rings. The highest BCUT2D eigenvalue weighted by Crippen LogP contribution is 2.23. The summed E-state index contributed by atoms with van der Waals surface area (Å²) in [5.74, 6) is -0.491. The molecule has 1 unspecified atom stereocenters. The van der Waals surface area contributed by atoms with E-state index in [9.17, 15) is 14.0 Å². The van der Waals surface area contributed by atoms with Crippen molar-refractivity contribution in [1.29, 1.82) is 0 Å². The van der Waals surface area contributed by atoms with Gasteiger partial charge in [0.05, 0.1) is 45.5 Å². The van der Waals surface area contributed by atoms with Crippen molar-refractivity contribution < 1.29 is 23.5 Å². The number of aromatic nitrogens is 1. The van der Waals surface area contributed by atoms with Crippen LogP contribution in [0.3, 0.4) is 0 Å². The second kappa shape index (κ2) is 8.93. The maximum Gasteiger partial charge on any atom is 0.236 e. The first kappa shape index (κ1) is 20.6. The summed E-state index contributed by atoms with van der Waals surface area (Å²) in [6.07, 6.45) is 1.22. The van der Waals surface area contributed by atoms with Gasteiger partial charge in [-0.15, -0.1) is 0 Å². The zero-order valence-corrected chi connectivity index (χ0v) is 16.4. The molecule has 28 heavy (non-hydrogen) atoms. The van der Waals surface area contributed by atoms with Crippen LogP contribution in [0.15, 0.2) is 18.3 Å². The van der Waals surface area contributed by atoms with Crippen LogP contribution in [-0.2, 0) is 25.5 Å². The maximum absolute atomic E-state index is 13.0. The molecule has 0 aromatic carbocycles. The topological polar surface area (TPSA) is 75.2 Å². The van der Waals surface area contributed by atoms with Crippen LogP contribution in [0, 0.1) is 5.82 Å². The zero-order chi connectivity index (χ0) is 20.1. The van der Waals surface area contributed by atoms with Crippen LogP contribution in [0.1, 0.15) is 5.69 Å². The third kappa shape index (κ3) is 5.24. The Morgan fingerprint density at radius 1 is 1.25 bits per heavy atom. The summed E-state index contributed by atoms with van der Waals surface area (Å²) < 4.78 is 24.8. The minimum absolute atomic E-state index is 0.0168. The van der Waals surface area contributed by atoms with Crippen LogP contribution in [0.2, 0.25) is 0 Å². The summed E-state index contributed by atoms with van der Waals surface area (Å²) in [5.41, 5.74) is -0.130. The molecule has 1 spiro atoms. The Hall–Kier alpha value is -2.10. The van der Waals surface area contributed by atoms with Gasteiger partial charge in [0.1, 0.15) is 11.4 Å². The summed E-state index contributed by atoms with van der Waals surface area (Å²) in [5, 5.41) is 0. The Balaban J connectivity index is 1.65. The van der Waals surface area contributed by atoms with Crippen molar-refractivity contribution in [3.05, 3.63) is 29.8 Å². The van der Waals surface area contributed by atoms with Gasteiger partial charge in [-0.2, -0.15) is 0 Å². The average molecular weight is 394 g/mol. The Labute approximate surface area is 164 Å². The molecule has 2 aliphatic rings. The van der Waals surface area contributed by atoms with Crippen LogP contribution in [0.25, 0.3) is 0 Å². The molecule has 0 bridgehead atoms. The van der Waals surface area contributed by atoms with Crippen molar-refractivity contribution in [3.63, 3.8) is 0 Å². The fourth-order valence-electron chi connectivity index (χ4n) is 3.47. The number of morpholine rings is 1. The molecular formula is C19H27FN4O4. The maximum atomic E-state index is 13.0. The number of ether oxygens (including phenoxy) is 2. The van der Waals surface area contributed by atoms with E-state index in [-0.39, 0.29) is 24.8 Å². The minimum atomic E-state index is -0.659. The highest BCUT2D eigenvalue weighted by Gasteiger charge is 2.41. The molecule has 0 aliphatic carbocycles. The summed E-state index contributed by atoms with van der Waals surface area (Å²) in [6.45, 7) is 3.61. The predicted molar refractivity (Wildman–Crippen MR) is 99.1 cm³/mol. The monoisotopic (exact) mass is 394 g/mol. The molecule has 0 radical (unpaired) electrons. The Bertz CT molecular complexity index is 700. The van der Waals surface area contributed by atoms with E-state index < -0.39 is 11.4 Å². The Morgan fingerprint density at radius 2 is 2.07 bits per heavy atom. The molecular weight excluding hydrogens is 367 g/mol. The van der Waals surface area contributed by atoms with E-state index in [0.717, 1.165) is 6.20 Å². The molecule has 2 aliphatic heterocycles. The van der Waals surface area contributed by atoms with Gasteiger partial charge < -0.3 is 19.3 Å². The number of halogens is 1. The lowest BCUT2D eigenvalue weighted by Crippen LogP contribution is -2.60. The van der Waals surface area contributed by atoms with E-state index in [1.165, 1.54) is 12.1 Å². The molecule has 9 heteroatoms. The van der Waals surface area contributed by atoms with Crippen molar-refractivity contribution in [2.45, 2.75) is 12.0 Å². The highest BCUT2D eigenvalue weighted by molar-refractivity contribution is 5.78. The van der Waals surface area contributed by atoms with Crippen molar-refractivity contribution in [2.75, 3.05) is 66.6 Å². The number of carbonyl (C=O) groups excluding carboxylic acids is 2. The first-order valence-electron chi connectivity index (χ1n) is 9.39. The number of carbonyl (C=O) groups is 2. The van der Waals surface area contributed by atoms with Crippen LogP contribution < -0.4 is 0 Å². The van der Waals surface area contributed by atoms with E-state index >= 15 is 0 Å². The van der Waals surface area contributed by atoms with Gasteiger partial charge in [0.15, 0.2) is 0 Å². The molecule has 3 rings (SSSR count). The summed E-state index contributed by atoms with van der Waals surface area (Å²) in [7, 11) is 3.46. The van der Waals surface area contributed by atoms with E-state index in [1.54, 1.807) is 23.9 Å².